The van der Waals surface area contributed by atoms with E-state index in [4.69, 9.17) is 4.42 Å². The summed E-state index contributed by atoms with van der Waals surface area (Å²) in [6.07, 6.45) is 1.63. The highest BCUT2D eigenvalue weighted by Crippen LogP contribution is 2.07. The Labute approximate surface area is 55.9 Å². The van der Waals surface area contributed by atoms with Gasteiger partial charge < -0.3 is 4.42 Å². The Morgan fingerprint density at radius 1 is 1.71 bits per heavy atom. The van der Waals surface area contributed by atoms with Crippen LogP contribution < -0.4 is 0 Å². The molecule has 1 radical (unpaired) electrons. The average Bonchev–Trinajstić information content (AvgIpc) is 1.87. The molecule has 7 heavy (non-hydrogen) atoms. The maximum atomic E-state index is 4.89. The van der Waals surface area contributed by atoms with Gasteiger partial charge in [-0.15, -0.1) is 0 Å². The van der Waals surface area contributed by atoms with Crippen LogP contribution in [0, 0.1) is 10.7 Å². The van der Waals surface area contributed by atoms with E-state index in [-0.39, 0.29) is 0 Å². The fourth-order valence-corrected chi connectivity index (χ4v) is 0.873. The summed E-state index contributed by atoms with van der Waals surface area (Å²) in [6, 6.07) is 1.88. The summed E-state index contributed by atoms with van der Waals surface area (Å²) in [5.41, 5.74) is 0.935. The highest BCUT2D eigenvalue weighted by atomic mass is 127. The molecule has 37 valence electrons. The van der Waals surface area contributed by atoms with E-state index in [2.05, 4.69) is 29.5 Å². The largest absolute Gasteiger partial charge is 0.458 e. The zero-order chi connectivity index (χ0) is 5.28. The molecule has 0 aliphatic rings. The van der Waals surface area contributed by atoms with Crippen molar-refractivity contribution in [1.82, 2.24) is 0 Å². The quantitative estimate of drug-likeness (QED) is 0.593. The molecule has 0 saturated heterocycles. The molecular weight excluding hydrogens is 203 g/mol. The molecule has 0 N–H and O–H groups in total. The lowest BCUT2D eigenvalue weighted by atomic mass is 10.4. The summed E-state index contributed by atoms with van der Waals surface area (Å²) in [4.78, 5) is 0. The second kappa shape index (κ2) is 1.86. The minimum atomic E-state index is 0.891. The van der Waals surface area contributed by atoms with Crippen LogP contribution in [0.4, 0.5) is 0 Å². The van der Waals surface area contributed by atoms with Crippen LogP contribution in [-0.4, -0.2) is 0 Å². The van der Waals surface area contributed by atoms with E-state index >= 15 is 0 Å². The molecule has 0 saturated carbocycles. The van der Waals surface area contributed by atoms with Gasteiger partial charge >= 0.3 is 0 Å². The Morgan fingerprint density at radius 3 is 2.57 bits per heavy atom. The molecule has 2 heteroatoms. The predicted molar refractivity (Wildman–Crippen MR) is 35.9 cm³/mol. The van der Waals surface area contributed by atoms with Gasteiger partial charge in [-0.25, -0.2) is 0 Å². The predicted octanol–water partition coefficient (Wildman–Crippen LogP) is 2.07. The molecule has 1 rings (SSSR count). The number of rotatable bonds is 0. The monoisotopic (exact) mass is 207 g/mol. The van der Waals surface area contributed by atoms with E-state index in [0.29, 0.717) is 0 Å². The first kappa shape index (κ1) is 5.15. The third-order valence-electron chi connectivity index (χ3n) is 0.622. The van der Waals surface area contributed by atoms with Crippen molar-refractivity contribution in [2.24, 2.45) is 0 Å². The van der Waals surface area contributed by atoms with E-state index in [1.165, 1.54) is 0 Å². The van der Waals surface area contributed by atoms with Crippen molar-refractivity contribution in [3.63, 3.8) is 0 Å². The summed E-state index contributed by atoms with van der Waals surface area (Å²) in [5, 5.41) is 0. The van der Waals surface area contributed by atoms with E-state index < -0.39 is 0 Å². The Hall–Kier alpha value is 0.01000. The molecule has 0 amide bonds. The first-order valence-corrected chi connectivity index (χ1v) is 2.93. The zero-order valence-electron chi connectivity index (χ0n) is 3.65. The van der Waals surface area contributed by atoms with Gasteiger partial charge in [0.25, 0.3) is 0 Å². The number of furan rings is 1. The second-order valence-electron chi connectivity index (χ2n) is 1.26. The maximum absolute atomic E-state index is 4.89. The lowest BCUT2D eigenvalue weighted by Crippen LogP contribution is -1.52. The van der Waals surface area contributed by atoms with Gasteiger partial charge in [-0.1, -0.05) is 0 Å². The summed E-state index contributed by atoms with van der Waals surface area (Å²) in [7, 11) is 0. The van der Waals surface area contributed by atoms with Crippen LogP contribution in [-0.2, 0) is 0 Å². The van der Waals surface area contributed by atoms with Gasteiger partial charge in [0.05, 0.1) is 6.26 Å². The van der Waals surface area contributed by atoms with Crippen LogP contribution in [0.5, 0.6) is 0 Å². The van der Waals surface area contributed by atoms with Crippen LogP contribution in [0.3, 0.4) is 0 Å². The Kier molecular flexibility index (Phi) is 1.37. The van der Waals surface area contributed by atoms with E-state index in [1.54, 1.807) is 6.26 Å². The topological polar surface area (TPSA) is 13.1 Å². The van der Waals surface area contributed by atoms with Gasteiger partial charge in [0.1, 0.15) is 0 Å². The van der Waals surface area contributed by atoms with Crippen molar-refractivity contribution in [2.45, 2.75) is 0 Å². The molecule has 0 atom stereocenters. The second-order valence-corrected chi connectivity index (χ2v) is 2.32. The molecular formula is C5H4IO. The lowest BCUT2D eigenvalue weighted by Gasteiger charge is -1.66. The highest BCUT2D eigenvalue weighted by Gasteiger charge is 1.87. The van der Waals surface area contributed by atoms with Gasteiger partial charge in [0, 0.05) is 0 Å². The molecule has 0 aliphatic heterocycles. The molecule has 1 aromatic heterocycles. The van der Waals surface area contributed by atoms with E-state index in [9.17, 15) is 0 Å². The highest BCUT2D eigenvalue weighted by molar-refractivity contribution is 14.1. The molecule has 0 fully saturated rings. The van der Waals surface area contributed by atoms with Crippen molar-refractivity contribution in [3.8, 4) is 0 Å². The van der Waals surface area contributed by atoms with Gasteiger partial charge in [0.2, 0.25) is 0 Å². The molecule has 0 spiro atoms. The average molecular weight is 207 g/mol. The van der Waals surface area contributed by atoms with Crippen molar-refractivity contribution >= 4 is 22.6 Å². The van der Waals surface area contributed by atoms with Crippen molar-refractivity contribution in [3.05, 3.63) is 28.6 Å². The maximum Gasteiger partial charge on any atom is 0.163 e. The molecule has 1 aromatic rings. The molecule has 1 nitrogen and oxygen atoms in total. The third kappa shape index (κ3) is 1.19. The van der Waals surface area contributed by atoms with Crippen molar-refractivity contribution in [1.29, 1.82) is 0 Å². The number of halogens is 1. The summed E-state index contributed by atoms with van der Waals surface area (Å²) < 4.78 is 5.78. The Morgan fingerprint density at radius 2 is 2.43 bits per heavy atom. The summed E-state index contributed by atoms with van der Waals surface area (Å²) >= 11 is 2.09. The number of hydrogen-bond donors (Lipinski definition) is 0. The van der Waals surface area contributed by atoms with Crippen LogP contribution in [0.25, 0.3) is 0 Å². The standard InChI is InChI=1S/C5H4IO/c1-4-2-5(6)7-3-4/h2-3H,1H2. The van der Waals surface area contributed by atoms with Gasteiger partial charge in [-0.3, -0.25) is 0 Å². The van der Waals surface area contributed by atoms with Gasteiger partial charge in [-0.05, 0) is 41.1 Å². The first-order valence-electron chi connectivity index (χ1n) is 1.85. The molecule has 0 aromatic carbocycles. The third-order valence-corrected chi connectivity index (χ3v) is 1.19. The summed E-state index contributed by atoms with van der Waals surface area (Å²) in [6.45, 7) is 3.64. The van der Waals surface area contributed by atoms with E-state index in [1.807, 2.05) is 6.07 Å². The first-order chi connectivity index (χ1) is 3.29. The van der Waals surface area contributed by atoms with Crippen molar-refractivity contribution < 1.29 is 4.42 Å². The van der Waals surface area contributed by atoms with Gasteiger partial charge in [0.15, 0.2) is 3.77 Å². The normalized spacial score (nSPS) is 9.43. The smallest absolute Gasteiger partial charge is 0.163 e. The number of hydrogen-bond acceptors (Lipinski definition) is 1. The van der Waals surface area contributed by atoms with Crippen LogP contribution in [0.2, 0.25) is 0 Å². The molecule has 0 unspecified atom stereocenters. The van der Waals surface area contributed by atoms with Gasteiger partial charge in [-0.2, -0.15) is 0 Å². The van der Waals surface area contributed by atoms with Crippen LogP contribution in [0.1, 0.15) is 5.56 Å². The zero-order valence-corrected chi connectivity index (χ0v) is 5.81. The summed E-state index contributed by atoms with van der Waals surface area (Å²) in [5.74, 6) is 0. The van der Waals surface area contributed by atoms with E-state index in [0.717, 1.165) is 9.33 Å². The SMILES string of the molecule is [CH2]c1coc(I)c1. The van der Waals surface area contributed by atoms with Crippen molar-refractivity contribution in [2.75, 3.05) is 0 Å². The molecule has 1 heterocycles. The Balaban J connectivity index is 3.04. The van der Waals surface area contributed by atoms with Crippen LogP contribution >= 0.6 is 22.6 Å². The minimum Gasteiger partial charge on any atom is -0.458 e. The lowest BCUT2D eigenvalue weighted by molar-refractivity contribution is 0.537. The molecule has 0 aliphatic carbocycles. The minimum absolute atomic E-state index is 0.891. The Bertz CT molecular complexity index is 140. The molecule has 0 bridgehead atoms. The van der Waals surface area contributed by atoms with Crippen LogP contribution in [0.15, 0.2) is 16.7 Å². The fraction of sp³-hybridized carbons (Fsp3) is 0. The fourth-order valence-electron chi connectivity index (χ4n) is 0.346.